The molecule has 0 atom stereocenters. The van der Waals surface area contributed by atoms with Crippen LogP contribution in [0, 0.1) is 35.5 Å². The van der Waals surface area contributed by atoms with Crippen LogP contribution in [0.25, 0.3) is 0 Å². The Balaban J connectivity index is 1.50. The van der Waals surface area contributed by atoms with Crippen LogP contribution < -0.4 is 0 Å². The minimum absolute atomic E-state index is 0.780. The molecule has 182 valence electrons. The highest BCUT2D eigenvalue weighted by Gasteiger charge is 2.19. The lowest BCUT2D eigenvalue weighted by Crippen LogP contribution is -2.13. The van der Waals surface area contributed by atoms with Crippen LogP contribution in [0.1, 0.15) is 142 Å². The molecule has 0 saturated heterocycles. The van der Waals surface area contributed by atoms with Crippen LogP contribution in [-0.2, 0) is 0 Å². The second-order valence-corrected chi connectivity index (χ2v) is 11.0. The van der Waals surface area contributed by atoms with Crippen molar-refractivity contribution in [1.82, 2.24) is 0 Å². The molecule has 2 saturated carbocycles. The Bertz CT molecular complexity index is 492. The van der Waals surface area contributed by atoms with Gasteiger partial charge in [-0.1, -0.05) is 115 Å². The zero-order valence-corrected chi connectivity index (χ0v) is 21.8. The summed E-state index contributed by atoms with van der Waals surface area (Å²) >= 11 is 0. The maximum absolute atomic E-state index is 3.27. The van der Waals surface area contributed by atoms with Crippen LogP contribution >= 0.6 is 0 Å². The van der Waals surface area contributed by atoms with E-state index in [0.29, 0.717) is 0 Å². The molecule has 2 aliphatic rings. The van der Waals surface area contributed by atoms with Crippen molar-refractivity contribution < 1.29 is 0 Å². The molecule has 0 bridgehead atoms. The standard InChI is InChI=1S/C32H54/c1-3-5-7-9-13-17-29-21-25-31(26-22-29)19-15-11-12-16-20-32-27-23-30(24-28-32)18-14-10-8-6-4-2/h15-16,19-20,29-32H,3-10,13-14,17-18,21-28H2,1-2H3/b19-15+,20-16+. The van der Waals surface area contributed by atoms with E-state index >= 15 is 0 Å². The Morgan fingerprint density at radius 3 is 1.25 bits per heavy atom. The summed E-state index contributed by atoms with van der Waals surface area (Å²) in [6.07, 6.45) is 37.6. The van der Waals surface area contributed by atoms with Crippen LogP contribution in [0.5, 0.6) is 0 Å². The van der Waals surface area contributed by atoms with Crippen molar-refractivity contribution in [2.45, 2.75) is 142 Å². The van der Waals surface area contributed by atoms with Crippen molar-refractivity contribution in [2.75, 3.05) is 0 Å². The van der Waals surface area contributed by atoms with E-state index in [9.17, 15) is 0 Å². The first-order chi connectivity index (χ1) is 15.8. The van der Waals surface area contributed by atoms with Crippen molar-refractivity contribution in [1.29, 1.82) is 0 Å². The molecule has 0 N–H and O–H groups in total. The summed E-state index contributed by atoms with van der Waals surface area (Å²) < 4.78 is 0. The number of allylic oxidation sites excluding steroid dienone is 4. The molecule has 0 aromatic carbocycles. The van der Waals surface area contributed by atoms with Gasteiger partial charge in [0.2, 0.25) is 0 Å². The largest absolute Gasteiger partial charge is 0.0730 e. The predicted molar refractivity (Wildman–Crippen MR) is 144 cm³/mol. The average molecular weight is 439 g/mol. The molecule has 0 aliphatic heterocycles. The number of hydrogen-bond acceptors (Lipinski definition) is 0. The summed E-state index contributed by atoms with van der Waals surface area (Å²) in [7, 11) is 0. The first kappa shape index (κ1) is 27.3. The topological polar surface area (TPSA) is 0 Å². The fourth-order valence-electron chi connectivity index (χ4n) is 5.88. The Hall–Kier alpha value is -0.960. The molecular weight excluding hydrogens is 384 g/mol. The van der Waals surface area contributed by atoms with Crippen molar-refractivity contribution in [3.05, 3.63) is 24.3 Å². The highest BCUT2D eigenvalue weighted by molar-refractivity contribution is 5.24. The molecular formula is C32H54. The molecule has 0 heterocycles. The van der Waals surface area contributed by atoms with Crippen molar-refractivity contribution in [3.63, 3.8) is 0 Å². The van der Waals surface area contributed by atoms with Gasteiger partial charge in [0.15, 0.2) is 0 Å². The van der Waals surface area contributed by atoms with Crippen LogP contribution in [0.15, 0.2) is 24.3 Å². The zero-order valence-electron chi connectivity index (χ0n) is 21.8. The normalized spacial score (nSPS) is 26.4. The third-order valence-electron chi connectivity index (χ3n) is 8.20. The Labute approximate surface area is 202 Å². The fourth-order valence-corrected chi connectivity index (χ4v) is 5.88. The summed E-state index contributed by atoms with van der Waals surface area (Å²) in [6.45, 7) is 4.61. The Morgan fingerprint density at radius 1 is 0.500 bits per heavy atom. The smallest absolute Gasteiger partial charge is 0.0153 e. The lowest BCUT2D eigenvalue weighted by molar-refractivity contribution is 0.288. The van der Waals surface area contributed by atoms with Crippen molar-refractivity contribution in [3.8, 4) is 11.8 Å². The first-order valence-electron chi connectivity index (χ1n) is 14.7. The third kappa shape index (κ3) is 12.9. The molecule has 0 aromatic heterocycles. The summed E-state index contributed by atoms with van der Waals surface area (Å²) in [5.74, 6) is 10.1. The fraction of sp³-hybridized carbons (Fsp3) is 0.812. The van der Waals surface area contributed by atoms with Gasteiger partial charge in [-0.2, -0.15) is 0 Å². The van der Waals surface area contributed by atoms with Gasteiger partial charge in [0.05, 0.1) is 0 Å². The molecule has 0 amide bonds. The van der Waals surface area contributed by atoms with Crippen molar-refractivity contribution >= 4 is 0 Å². The SMILES string of the molecule is CCCCCCCC1CCC(/C=C/C#C/C=C/C2CCC(CCCCCCC)CC2)CC1. The van der Waals surface area contributed by atoms with E-state index in [1.807, 2.05) is 0 Å². The van der Waals surface area contributed by atoms with Crippen LogP contribution in [0.4, 0.5) is 0 Å². The zero-order chi connectivity index (χ0) is 22.7. The molecule has 0 unspecified atom stereocenters. The van der Waals surface area contributed by atoms with Crippen LogP contribution in [0.3, 0.4) is 0 Å². The quantitative estimate of drug-likeness (QED) is 0.187. The van der Waals surface area contributed by atoms with E-state index in [1.165, 1.54) is 128 Å². The maximum atomic E-state index is 3.27. The number of hydrogen-bond donors (Lipinski definition) is 0. The summed E-state index contributed by atoms with van der Waals surface area (Å²) in [4.78, 5) is 0. The van der Waals surface area contributed by atoms with Gasteiger partial charge in [-0.25, -0.2) is 0 Å². The predicted octanol–water partition coefficient (Wildman–Crippen LogP) is 10.4. The average Bonchev–Trinajstić information content (AvgIpc) is 2.83. The minimum Gasteiger partial charge on any atom is -0.0730 e. The molecule has 0 radical (unpaired) electrons. The van der Waals surface area contributed by atoms with E-state index in [4.69, 9.17) is 0 Å². The van der Waals surface area contributed by atoms with Gasteiger partial charge in [-0.05, 0) is 87.2 Å². The number of rotatable bonds is 14. The van der Waals surface area contributed by atoms with Crippen LogP contribution in [-0.4, -0.2) is 0 Å². The maximum Gasteiger partial charge on any atom is -0.0153 e. The van der Waals surface area contributed by atoms with Crippen LogP contribution in [0.2, 0.25) is 0 Å². The van der Waals surface area contributed by atoms with E-state index < -0.39 is 0 Å². The summed E-state index contributed by atoms with van der Waals surface area (Å²) in [6, 6.07) is 0. The van der Waals surface area contributed by atoms with E-state index in [0.717, 1.165) is 23.7 Å². The van der Waals surface area contributed by atoms with Gasteiger partial charge < -0.3 is 0 Å². The lowest BCUT2D eigenvalue weighted by Gasteiger charge is -2.26. The number of unbranched alkanes of at least 4 members (excludes halogenated alkanes) is 8. The van der Waals surface area contributed by atoms with E-state index in [2.05, 4.69) is 50.0 Å². The van der Waals surface area contributed by atoms with Crippen molar-refractivity contribution in [2.24, 2.45) is 23.7 Å². The highest BCUT2D eigenvalue weighted by atomic mass is 14.2. The molecule has 2 aliphatic carbocycles. The van der Waals surface area contributed by atoms with Gasteiger partial charge in [0.25, 0.3) is 0 Å². The van der Waals surface area contributed by atoms with E-state index in [-0.39, 0.29) is 0 Å². The summed E-state index contributed by atoms with van der Waals surface area (Å²) in [5.41, 5.74) is 0. The highest BCUT2D eigenvalue weighted by Crippen LogP contribution is 2.33. The molecule has 2 rings (SSSR count). The second-order valence-electron chi connectivity index (χ2n) is 11.0. The molecule has 32 heavy (non-hydrogen) atoms. The molecule has 0 aromatic rings. The van der Waals surface area contributed by atoms with Gasteiger partial charge in [0.1, 0.15) is 0 Å². The van der Waals surface area contributed by atoms with Gasteiger partial charge in [0, 0.05) is 0 Å². The molecule has 0 spiro atoms. The Kier molecular flexibility index (Phi) is 15.7. The van der Waals surface area contributed by atoms with E-state index in [1.54, 1.807) is 0 Å². The minimum atomic E-state index is 0.780. The van der Waals surface area contributed by atoms with Gasteiger partial charge >= 0.3 is 0 Å². The molecule has 0 heteroatoms. The summed E-state index contributed by atoms with van der Waals surface area (Å²) in [5, 5.41) is 0. The Morgan fingerprint density at radius 2 is 0.875 bits per heavy atom. The molecule has 2 fully saturated rings. The second kappa shape index (κ2) is 18.5. The molecule has 0 nitrogen and oxygen atoms in total. The monoisotopic (exact) mass is 438 g/mol. The lowest BCUT2D eigenvalue weighted by atomic mass is 9.79. The van der Waals surface area contributed by atoms with Gasteiger partial charge in [-0.15, -0.1) is 0 Å². The first-order valence-corrected chi connectivity index (χ1v) is 14.7. The van der Waals surface area contributed by atoms with Gasteiger partial charge in [-0.3, -0.25) is 0 Å². The third-order valence-corrected chi connectivity index (χ3v) is 8.20.